The summed E-state index contributed by atoms with van der Waals surface area (Å²) < 4.78 is 7.31. The second-order valence-corrected chi connectivity index (χ2v) is 5.34. The molecule has 0 atom stereocenters. The average Bonchev–Trinajstić information content (AvgIpc) is 2.86. The van der Waals surface area contributed by atoms with Crippen molar-refractivity contribution in [3.05, 3.63) is 53.7 Å². The van der Waals surface area contributed by atoms with E-state index in [0.717, 1.165) is 28.8 Å². The number of hydrogen-bond acceptors (Lipinski definition) is 2. The quantitative estimate of drug-likeness (QED) is 0.504. The molecule has 0 fully saturated rings. The Balaban J connectivity index is 1.87. The molecule has 0 aliphatic carbocycles. The van der Waals surface area contributed by atoms with E-state index >= 15 is 0 Å². The van der Waals surface area contributed by atoms with Gasteiger partial charge in [0.25, 0.3) is 0 Å². The van der Waals surface area contributed by atoms with Gasteiger partial charge in [0.15, 0.2) is 0 Å². The van der Waals surface area contributed by atoms with Crippen LogP contribution in [0.3, 0.4) is 0 Å². The Kier molecular flexibility index (Phi) is 4.32. The molecule has 0 unspecified atom stereocenters. The Morgan fingerprint density at radius 3 is 2.52 bits per heavy atom. The molecule has 0 aliphatic rings. The van der Waals surface area contributed by atoms with Gasteiger partial charge in [-0.25, -0.2) is 4.68 Å². The molecule has 0 aliphatic heterocycles. The van der Waals surface area contributed by atoms with Crippen LogP contribution in [0.15, 0.2) is 48.5 Å². The van der Waals surface area contributed by atoms with E-state index in [1.165, 1.54) is 0 Å². The van der Waals surface area contributed by atoms with Crippen molar-refractivity contribution in [3.63, 3.8) is 0 Å². The maximum absolute atomic E-state index is 6.39. The van der Waals surface area contributed by atoms with E-state index in [9.17, 15) is 0 Å². The number of rotatable bonds is 5. The normalized spacial score (nSPS) is 11.0. The predicted molar refractivity (Wildman–Crippen MR) is 86.9 cm³/mol. The first kappa shape index (κ1) is 14.2. The molecule has 1 heterocycles. The summed E-state index contributed by atoms with van der Waals surface area (Å²) in [5, 5.41) is 6.07. The van der Waals surface area contributed by atoms with Gasteiger partial charge in [0.2, 0.25) is 0 Å². The lowest BCUT2D eigenvalue weighted by atomic mass is 10.2. The number of hydrogen-bond donors (Lipinski definition) is 0. The standard InChI is InChI=1S/C16H14Cl2N2O/c17-10-3-11-21-13-8-6-12(7-9-13)20-16(18)14-4-1-2-5-15(14)19-20/h1-2,4-9H,3,10-11H2. The molecule has 5 heteroatoms. The Morgan fingerprint density at radius 1 is 1.05 bits per heavy atom. The minimum absolute atomic E-state index is 0.605. The number of nitrogens with zero attached hydrogens (tertiary/aromatic N) is 2. The maximum Gasteiger partial charge on any atom is 0.140 e. The zero-order chi connectivity index (χ0) is 14.7. The van der Waals surface area contributed by atoms with Crippen LogP contribution in [0, 0.1) is 0 Å². The van der Waals surface area contributed by atoms with Gasteiger partial charge < -0.3 is 4.74 Å². The van der Waals surface area contributed by atoms with E-state index < -0.39 is 0 Å². The molecular formula is C16H14Cl2N2O. The molecule has 21 heavy (non-hydrogen) atoms. The van der Waals surface area contributed by atoms with E-state index in [2.05, 4.69) is 5.10 Å². The first-order valence-electron chi connectivity index (χ1n) is 6.72. The predicted octanol–water partition coefficient (Wildman–Crippen LogP) is 4.69. The van der Waals surface area contributed by atoms with Gasteiger partial charge in [0.05, 0.1) is 17.8 Å². The number of fused-ring (bicyclic) bond motifs is 1. The summed E-state index contributed by atoms with van der Waals surface area (Å²) >= 11 is 12.0. The van der Waals surface area contributed by atoms with Gasteiger partial charge >= 0.3 is 0 Å². The third-order valence-corrected chi connectivity index (χ3v) is 3.78. The first-order valence-corrected chi connectivity index (χ1v) is 7.63. The van der Waals surface area contributed by atoms with Crippen molar-refractivity contribution in [3.8, 4) is 11.4 Å². The van der Waals surface area contributed by atoms with Crippen LogP contribution >= 0.6 is 23.2 Å². The monoisotopic (exact) mass is 320 g/mol. The van der Waals surface area contributed by atoms with Gasteiger partial charge in [-0.05, 0) is 42.8 Å². The minimum atomic E-state index is 0.605. The van der Waals surface area contributed by atoms with Crippen LogP contribution in [0.25, 0.3) is 16.6 Å². The van der Waals surface area contributed by atoms with Crippen LogP contribution in [0.5, 0.6) is 5.75 Å². The van der Waals surface area contributed by atoms with Crippen LogP contribution in [0.2, 0.25) is 5.15 Å². The smallest absolute Gasteiger partial charge is 0.140 e. The molecule has 2 aromatic carbocycles. The highest BCUT2D eigenvalue weighted by Crippen LogP contribution is 2.26. The van der Waals surface area contributed by atoms with Gasteiger partial charge in [-0.3, -0.25) is 0 Å². The summed E-state index contributed by atoms with van der Waals surface area (Å²) in [6.45, 7) is 0.620. The van der Waals surface area contributed by atoms with Crippen molar-refractivity contribution >= 4 is 34.1 Å². The summed E-state index contributed by atoms with van der Waals surface area (Å²) in [6, 6.07) is 15.5. The summed E-state index contributed by atoms with van der Waals surface area (Å²) in [5.74, 6) is 1.42. The van der Waals surface area contributed by atoms with Gasteiger partial charge in [-0.15, -0.1) is 11.6 Å². The van der Waals surface area contributed by atoms with E-state index in [1.807, 2.05) is 48.5 Å². The zero-order valence-corrected chi connectivity index (χ0v) is 12.8. The molecule has 0 bridgehead atoms. The fourth-order valence-electron chi connectivity index (χ4n) is 2.10. The molecular weight excluding hydrogens is 307 g/mol. The van der Waals surface area contributed by atoms with Gasteiger partial charge in [0, 0.05) is 11.3 Å². The summed E-state index contributed by atoms with van der Waals surface area (Å²) in [6.07, 6.45) is 0.833. The Bertz CT molecular complexity index is 738. The highest BCUT2D eigenvalue weighted by Gasteiger charge is 2.09. The summed E-state index contributed by atoms with van der Waals surface area (Å²) in [5.41, 5.74) is 1.78. The largest absolute Gasteiger partial charge is 0.494 e. The van der Waals surface area contributed by atoms with Gasteiger partial charge in [0.1, 0.15) is 10.9 Å². The van der Waals surface area contributed by atoms with Crippen LogP contribution in [-0.2, 0) is 0 Å². The van der Waals surface area contributed by atoms with Crippen molar-refractivity contribution < 1.29 is 4.74 Å². The highest BCUT2D eigenvalue weighted by atomic mass is 35.5. The Labute approximate surface area is 133 Å². The molecule has 0 amide bonds. The molecule has 0 spiro atoms. The molecule has 1 aromatic heterocycles. The van der Waals surface area contributed by atoms with E-state index in [-0.39, 0.29) is 0 Å². The molecule has 0 radical (unpaired) electrons. The Hall–Kier alpha value is -1.71. The number of aromatic nitrogens is 2. The number of halogens is 2. The lowest BCUT2D eigenvalue weighted by Gasteiger charge is -2.07. The fraction of sp³-hybridized carbons (Fsp3) is 0.188. The summed E-state index contributed by atoms with van der Waals surface area (Å²) in [7, 11) is 0. The van der Waals surface area contributed by atoms with E-state index in [4.69, 9.17) is 27.9 Å². The zero-order valence-electron chi connectivity index (χ0n) is 11.3. The molecule has 3 aromatic rings. The third-order valence-electron chi connectivity index (χ3n) is 3.15. The highest BCUT2D eigenvalue weighted by molar-refractivity contribution is 6.34. The van der Waals surface area contributed by atoms with Crippen molar-refractivity contribution in [2.24, 2.45) is 0 Å². The second kappa shape index (κ2) is 6.37. The lowest BCUT2D eigenvalue weighted by Crippen LogP contribution is -1.99. The van der Waals surface area contributed by atoms with Gasteiger partial charge in [-0.2, -0.15) is 5.10 Å². The maximum atomic E-state index is 6.39. The third kappa shape index (κ3) is 2.99. The average molecular weight is 321 g/mol. The molecule has 3 nitrogen and oxygen atoms in total. The molecule has 108 valence electrons. The van der Waals surface area contributed by atoms with E-state index in [0.29, 0.717) is 17.6 Å². The van der Waals surface area contributed by atoms with Crippen LogP contribution in [0.4, 0.5) is 0 Å². The first-order chi connectivity index (χ1) is 10.3. The van der Waals surface area contributed by atoms with Crippen molar-refractivity contribution in [2.75, 3.05) is 12.5 Å². The van der Waals surface area contributed by atoms with Gasteiger partial charge in [-0.1, -0.05) is 23.7 Å². The molecule has 0 N–H and O–H groups in total. The summed E-state index contributed by atoms with van der Waals surface area (Å²) in [4.78, 5) is 0. The fourth-order valence-corrected chi connectivity index (χ4v) is 2.50. The van der Waals surface area contributed by atoms with Crippen molar-refractivity contribution in [2.45, 2.75) is 6.42 Å². The minimum Gasteiger partial charge on any atom is -0.494 e. The Morgan fingerprint density at radius 2 is 1.81 bits per heavy atom. The second-order valence-electron chi connectivity index (χ2n) is 4.60. The molecule has 3 rings (SSSR count). The van der Waals surface area contributed by atoms with Crippen molar-refractivity contribution in [1.29, 1.82) is 0 Å². The molecule has 0 saturated carbocycles. The van der Waals surface area contributed by atoms with Crippen LogP contribution in [-0.4, -0.2) is 22.3 Å². The van der Waals surface area contributed by atoms with E-state index in [1.54, 1.807) is 4.68 Å². The lowest BCUT2D eigenvalue weighted by molar-refractivity contribution is 0.318. The van der Waals surface area contributed by atoms with Crippen LogP contribution < -0.4 is 4.74 Å². The number of benzene rings is 2. The van der Waals surface area contributed by atoms with Crippen LogP contribution in [0.1, 0.15) is 6.42 Å². The number of ether oxygens (including phenoxy) is 1. The topological polar surface area (TPSA) is 27.1 Å². The SMILES string of the molecule is ClCCCOc1ccc(-n2nc3ccccc3c2Cl)cc1. The van der Waals surface area contributed by atoms with Crippen molar-refractivity contribution in [1.82, 2.24) is 9.78 Å². The molecule has 0 saturated heterocycles. The number of alkyl halides is 1.